The Morgan fingerprint density at radius 1 is 1.37 bits per heavy atom. The predicted octanol–water partition coefficient (Wildman–Crippen LogP) is 1.76. The molecule has 5 heteroatoms. The van der Waals surface area contributed by atoms with E-state index in [9.17, 15) is 4.79 Å². The molecule has 0 radical (unpaired) electrons. The maximum absolute atomic E-state index is 11.6. The van der Waals surface area contributed by atoms with E-state index in [1.54, 1.807) is 6.20 Å². The van der Waals surface area contributed by atoms with Gasteiger partial charge in [-0.2, -0.15) is 0 Å². The van der Waals surface area contributed by atoms with Gasteiger partial charge in [-0.15, -0.1) is 0 Å². The normalized spacial score (nSPS) is 10.4. The first-order valence-electron chi connectivity index (χ1n) is 6.36. The van der Waals surface area contributed by atoms with Crippen molar-refractivity contribution >= 4 is 28.2 Å². The van der Waals surface area contributed by atoms with Crippen molar-refractivity contribution in [1.82, 2.24) is 10.3 Å². The van der Waals surface area contributed by atoms with Crippen molar-refractivity contribution in [2.45, 2.75) is 13.3 Å². The predicted molar refractivity (Wildman–Crippen MR) is 77.9 cm³/mol. The highest BCUT2D eigenvalue weighted by atomic mass is 16.1. The van der Waals surface area contributed by atoms with Crippen LogP contribution in [0.15, 0.2) is 30.5 Å². The number of benzene rings is 1. The minimum absolute atomic E-state index is 0.0179. The molecule has 1 aromatic heterocycles. The van der Waals surface area contributed by atoms with Crippen molar-refractivity contribution in [1.29, 1.82) is 0 Å². The van der Waals surface area contributed by atoms with Crippen molar-refractivity contribution < 1.29 is 4.79 Å². The van der Waals surface area contributed by atoms with Crippen LogP contribution in [0, 0.1) is 0 Å². The molecule has 0 aliphatic heterocycles. The lowest BCUT2D eigenvalue weighted by Crippen LogP contribution is -2.30. The second kappa shape index (κ2) is 6.04. The van der Waals surface area contributed by atoms with Crippen LogP contribution in [0.5, 0.6) is 0 Å². The number of hydrogen-bond donors (Lipinski definition) is 3. The van der Waals surface area contributed by atoms with E-state index in [2.05, 4.69) is 15.6 Å². The van der Waals surface area contributed by atoms with Gasteiger partial charge >= 0.3 is 0 Å². The van der Waals surface area contributed by atoms with E-state index < -0.39 is 0 Å². The van der Waals surface area contributed by atoms with E-state index in [1.165, 1.54) is 0 Å². The van der Waals surface area contributed by atoms with Crippen LogP contribution in [0.25, 0.3) is 10.9 Å². The Kier molecular flexibility index (Phi) is 4.18. The lowest BCUT2D eigenvalue weighted by atomic mass is 10.1. The van der Waals surface area contributed by atoms with Crippen molar-refractivity contribution in [3.8, 4) is 0 Å². The monoisotopic (exact) mass is 258 g/mol. The van der Waals surface area contributed by atoms with Gasteiger partial charge in [0.1, 0.15) is 0 Å². The third-order valence-corrected chi connectivity index (χ3v) is 2.81. The van der Waals surface area contributed by atoms with Crippen LogP contribution in [0.3, 0.4) is 0 Å². The number of para-hydroxylation sites is 1. The second-order valence-corrected chi connectivity index (χ2v) is 4.31. The Bertz CT molecular complexity index is 583. The molecule has 0 fully saturated rings. The third-order valence-electron chi connectivity index (χ3n) is 2.81. The Morgan fingerprint density at radius 2 is 2.21 bits per heavy atom. The molecule has 1 aromatic carbocycles. The summed E-state index contributed by atoms with van der Waals surface area (Å²) < 4.78 is 0. The van der Waals surface area contributed by atoms with Crippen molar-refractivity contribution in [2.75, 3.05) is 24.1 Å². The van der Waals surface area contributed by atoms with Gasteiger partial charge in [-0.3, -0.25) is 9.78 Å². The van der Waals surface area contributed by atoms with E-state index in [1.807, 2.05) is 31.2 Å². The van der Waals surface area contributed by atoms with E-state index >= 15 is 0 Å². The molecule has 0 spiro atoms. The molecule has 0 saturated heterocycles. The van der Waals surface area contributed by atoms with Crippen LogP contribution in [0.2, 0.25) is 0 Å². The number of nitrogens with zero attached hydrogens (tertiary/aromatic N) is 1. The van der Waals surface area contributed by atoms with Gasteiger partial charge in [0, 0.05) is 23.8 Å². The van der Waals surface area contributed by atoms with Crippen molar-refractivity contribution in [3.05, 3.63) is 30.5 Å². The number of pyridine rings is 1. The minimum atomic E-state index is -0.0179. The van der Waals surface area contributed by atoms with E-state index in [0.29, 0.717) is 12.2 Å². The number of nitrogens with one attached hydrogen (secondary N) is 2. The maximum atomic E-state index is 11.6. The Morgan fingerprint density at radius 3 is 3.00 bits per heavy atom. The van der Waals surface area contributed by atoms with Crippen LogP contribution >= 0.6 is 0 Å². The fourth-order valence-corrected chi connectivity index (χ4v) is 1.86. The highest BCUT2D eigenvalue weighted by Gasteiger charge is 2.05. The van der Waals surface area contributed by atoms with Gasteiger partial charge in [0.25, 0.3) is 0 Å². The van der Waals surface area contributed by atoms with Gasteiger partial charge in [-0.1, -0.05) is 19.1 Å². The molecule has 2 aromatic rings. The molecule has 0 aliphatic rings. The van der Waals surface area contributed by atoms with Crippen LogP contribution in [-0.4, -0.2) is 24.0 Å². The molecule has 1 heterocycles. The lowest BCUT2D eigenvalue weighted by Gasteiger charge is -2.10. The molecule has 19 heavy (non-hydrogen) atoms. The summed E-state index contributed by atoms with van der Waals surface area (Å²) >= 11 is 0. The smallest absolute Gasteiger partial charge is 0.239 e. The Balaban J connectivity index is 2.13. The summed E-state index contributed by atoms with van der Waals surface area (Å²) in [5.74, 6) is -0.0179. The summed E-state index contributed by atoms with van der Waals surface area (Å²) in [6.45, 7) is 2.96. The van der Waals surface area contributed by atoms with Gasteiger partial charge in [0.2, 0.25) is 5.91 Å². The molecule has 0 unspecified atom stereocenters. The average molecular weight is 258 g/mol. The number of carbonyl (C=O) groups excluding carboxylic acids is 1. The van der Waals surface area contributed by atoms with Gasteiger partial charge in [0.15, 0.2) is 0 Å². The van der Waals surface area contributed by atoms with Gasteiger partial charge in [-0.05, 0) is 18.6 Å². The molecule has 0 aliphatic carbocycles. The first kappa shape index (κ1) is 13.1. The van der Waals surface area contributed by atoms with Crippen LogP contribution in [0.4, 0.5) is 11.4 Å². The molecule has 0 saturated carbocycles. The Labute approximate surface area is 112 Å². The Hall–Kier alpha value is -2.30. The molecule has 2 rings (SSSR count). The molecule has 1 amide bonds. The molecule has 4 N–H and O–H groups in total. The second-order valence-electron chi connectivity index (χ2n) is 4.31. The number of rotatable bonds is 5. The van der Waals surface area contributed by atoms with Crippen LogP contribution in [-0.2, 0) is 4.79 Å². The first-order chi connectivity index (χ1) is 9.22. The number of nitrogens with two attached hydrogens (primary N) is 1. The molecule has 5 nitrogen and oxygen atoms in total. The fourth-order valence-electron chi connectivity index (χ4n) is 1.86. The van der Waals surface area contributed by atoms with Crippen LogP contribution < -0.4 is 16.4 Å². The summed E-state index contributed by atoms with van der Waals surface area (Å²) in [7, 11) is 0. The van der Waals surface area contributed by atoms with Crippen molar-refractivity contribution in [2.24, 2.45) is 0 Å². The SMILES string of the molecule is CCCNC(=O)CNc1ccnc2c(N)cccc12. The highest BCUT2D eigenvalue weighted by molar-refractivity contribution is 5.98. The number of anilines is 2. The zero-order valence-electron chi connectivity index (χ0n) is 10.9. The summed E-state index contributed by atoms with van der Waals surface area (Å²) in [5.41, 5.74) is 8.13. The third kappa shape index (κ3) is 3.13. The van der Waals surface area contributed by atoms with Gasteiger partial charge < -0.3 is 16.4 Å². The minimum Gasteiger partial charge on any atom is -0.397 e. The number of hydrogen-bond acceptors (Lipinski definition) is 4. The molecule has 0 bridgehead atoms. The first-order valence-corrected chi connectivity index (χ1v) is 6.36. The van der Waals surface area contributed by atoms with Crippen molar-refractivity contribution in [3.63, 3.8) is 0 Å². The lowest BCUT2D eigenvalue weighted by molar-refractivity contribution is -0.119. The zero-order valence-corrected chi connectivity index (χ0v) is 10.9. The topological polar surface area (TPSA) is 80.0 Å². The number of aromatic nitrogens is 1. The molecule has 100 valence electrons. The number of nitrogen functional groups attached to an aromatic ring is 1. The maximum Gasteiger partial charge on any atom is 0.239 e. The largest absolute Gasteiger partial charge is 0.397 e. The van der Waals surface area contributed by atoms with E-state index in [4.69, 9.17) is 5.73 Å². The highest BCUT2D eigenvalue weighted by Crippen LogP contribution is 2.25. The standard InChI is InChI=1S/C14H18N4O/c1-2-7-16-13(19)9-18-12-6-8-17-14-10(12)4-3-5-11(14)15/h3-6,8H,2,7,9,15H2,1H3,(H,16,19)(H,17,18). The number of carbonyl (C=O) groups is 1. The molecular weight excluding hydrogens is 240 g/mol. The van der Waals surface area contributed by atoms with E-state index in [0.717, 1.165) is 23.0 Å². The van der Waals surface area contributed by atoms with E-state index in [-0.39, 0.29) is 12.5 Å². The van der Waals surface area contributed by atoms with Gasteiger partial charge in [-0.25, -0.2) is 0 Å². The van der Waals surface area contributed by atoms with Crippen LogP contribution in [0.1, 0.15) is 13.3 Å². The molecule has 0 atom stereocenters. The summed E-state index contributed by atoms with van der Waals surface area (Å²) in [6.07, 6.45) is 2.62. The number of fused-ring (bicyclic) bond motifs is 1. The average Bonchev–Trinajstić information content (AvgIpc) is 2.43. The molecular formula is C14H18N4O. The number of amides is 1. The quantitative estimate of drug-likeness (QED) is 0.714. The fraction of sp³-hybridized carbons (Fsp3) is 0.286. The zero-order chi connectivity index (χ0) is 13.7. The summed E-state index contributed by atoms with van der Waals surface area (Å²) in [5, 5.41) is 6.86. The summed E-state index contributed by atoms with van der Waals surface area (Å²) in [6, 6.07) is 7.47. The van der Waals surface area contributed by atoms with Gasteiger partial charge in [0.05, 0.1) is 17.7 Å². The summed E-state index contributed by atoms with van der Waals surface area (Å²) in [4.78, 5) is 15.8.